The van der Waals surface area contributed by atoms with Gasteiger partial charge in [0.2, 0.25) is 0 Å². The fraction of sp³-hybridized carbons (Fsp3) is 0.571. The zero-order valence-electron chi connectivity index (χ0n) is 15.3. The van der Waals surface area contributed by atoms with Gasteiger partial charge in [-0.15, -0.1) is 0 Å². The van der Waals surface area contributed by atoms with Crippen LogP contribution in [-0.2, 0) is 24.1 Å². The smallest absolute Gasteiger partial charge is 0.339 e. The first kappa shape index (κ1) is 16.3. The van der Waals surface area contributed by atoms with E-state index in [0.29, 0.717) is 18.4 Å². The van der Waals surface area contributed by atoms with Crippen LogP contribution in [0, 0.1) is 6.92 Å². The molecule has 0 bridgehead atoms. The minimum absolute atomic E-state index is 0.161. The van der Waals surface area contributed by atoms with Gasteiger partial charge in [0.25, 0.3) is 0 Å². The van der Waals surface area contributed by atoms with Crippen LogP contribution in [-0.4, -0.2) is 30.9 Å². The molecule has 1 unspecified atom stereocenters. The van der Waals surface area contributed by atoms with Gasteiger partial charge >= 0.3 is 5.63 Å². The highest BCUT2D eigenvalue weighted by molar-refractivity contribution is 5.87. The second kappa shape index (κ2) is 6.39. The van der Waals surface area contributed by atoms with Crippen molar-refractivity contribution in [2.24, 2.45) is 0 Å². The zero-order valence-corrected chi connectivity index (χ0v) is 15.3. The van der Waals surface area contributed by atoms with Gasteiger partial charge in [0.1, 0.15) is 18.1 Å². The summed E-state index contributed by atoms with van der Waals surface area (Å²) >= 11 is 0. The van der Waals surface area contributed by atoms with Crippen molar-refractivity contribution in [3.05, 3.63) is 38.7 Å². The number of nitrogens with zero attached hydrogens (tertiary/aromatic N) is 1. The molecule has 5 heteroatoms. The number of hydrogen-bond acceptors (Lipinski definition) is 5. The van der Waals surface area contributed by atoms with E-state index in [2.05, 4.69) is 11.0 Å². The van der Waals surface area contributed by atoms with E-state index in [4.69, 9.17) is 13.9 Å². The van der Waals surface area contributed by atoms with Gasteiger partial charge in [-0.25, -0.2) is 4.79 Å². The van der Waals surface area contributed by atoms with E-state index in [1.165, 1.54) is 11.1 Å². The molecule has 1 saturated heterocycles. The number of hydrogen-bond donors (Lipinski definition) is 0. The number of rotatable bonds is 2. The standard InChI is InChI=1S/C21H25NO4/c1-13-19-14(10-22(12-25-19)11-15-5-4-8-24-15)9-18-16-6-2-3-7-17(16)21(23)26-20(13)18/h9,15H,2-8,10-12H2,1H3. The molecule has 0 saturated carbocycles. The largest absolute Gasteiger partial charge is 0.477 e. The Morgan fingerprint density at radius 2 is 2.04 bits per heavy atom. The van der Waals surface area contributed by atoms with Crippen molar-refractivity contribution in [3.63, 3.8) is 0 Å². The molecule has 138 valence electrons. The fourth-order valence-electron chi connectivity index (χ4n) is 4.74. The molecule has 5 rings (SSSR count). The molecule has 2 aliphatic heterocycles. The van der Waals surface area contributed by atoms with E-state index in [9.17, 15) is 4.79 Å². The van der Waals surface area contributed by atoms with Crippen molar-refractivity contribution in [3.8, 4) is 5.75 Å². The Bertz CT molecular complexity index is 911. The first-order chi connectivity index (χ1) is 12.7. The van der Waals surface area contributed by atoms with Crippen LogP contribution in [0.5, 0.6) is 5.75 Å². The van der Waals surface area contributed by atoms with E-state index in [0.717, 1.165) is 80.5 Å². The fourth-order valence-corrected chi connectivity index (χ4v) is 4.74. The Balaban J connectivity index is 1.56. The molecule has 0 radical (unpaired) electrons. The summed E-state index contributed by atoms with van der Waals surface area (Å²) in [6.45, 7) is 5.23. The van der Waals surface area contributed by atoms with Gasteiger partial charge in [0, 0.05) is 41.8 Å². The normalized spacial score (nSPS) is 22.9. The van der Waals surface area contributed by atoms with Gasteiger partial charge in [-0.1, -0.05) is 0 Å². The summed E-state index contributed by atoms with van der Waals surface area (Å²) in [4.78, 5) is 14.7. The molecule has 0 N–H and O–H groups in total. The minimum Gasteiger partial charge on any atom is -0.477 e. The summed E-state index contributed by atoms with van der Waals surface area (Å²) in [5, 5.41) is 1.11. The molecule has 0 spiro atoms. The Morgan fingerprint density at radius 1 is 1.19 bits per heavy atom. The van der Waals surface area contributed by atoms with Crippen molar-refractivity contribution in [2.45, 2.75) is 58.1 Å². The lowest BCUT2D eigenvalue weighted by molar-refractivity contribution is 0.0277. The molecule has 1 aliphatic carbocycles. The molecule has 1 atom stereocenters. The van der Waals surface area contributed by atoms with Gasteiger partial charge in [-0.2, -0.15) is 0 Å². The summed E-state index contributed by atoms with van der Waals surface area (Å²) in [6, 6.07) is 2.20. The molecule has 5 nitrogen and oxygen atoms in total. The molecule has 1 fully saturated rings. The second-order valence-electron chi connectivity index (χ2n) is 7.84. The molecule has 0 amide bonds. The van der Waals surface area contributed by atoms with Gasteiger partial charge < -0.3 is 13.9 Å². The van der Waals surface area contributed by atoms with Crippen LogP contribution in [0.25, 0.3) is 11.0 Å². The van der Waals surface area contributed by atoms with Gasteiger partial charge in [0.15, 0.2) is 0 Å². The topological polar surface area (TPSA) is 51.9 Å². The molecule has 3 heterocycles. The summed E-state index contributed by atoms with van der Waals surface area (Å²) < 4.78 is 17.6. The van der Waals surface area contributed by atoms with Crippen molar-refractivity contribution in [1.29, 1.82) is 0 Å². The number of ether oxygens (including phenoxy) is 2. The summed E-state index contributed by atoms with van der Waals surface area (Å²) in [6.07, 6.45) is 6.65. The molecule has 1 aromatic heterocycles. The van der Waals surface area contributed by atoms with Crippen LogP contribution in [0.4, 0.5) is 0 Å². The van der Waals surface area contributed by atoms with Crippen LogP contribution in [0.2, 0.25) is 0 Å². The summed E-state index contributed by atoms with van der Waals surface area (Å²) in [5.74, 6) is 0.889. The Hall–Kier alpha value is -1.85. The van der Waals surface area contributed by atoms with Gasteiger partial charge in [-0.3, -0.25) is 4.90 Å². The average Bonchev–Trinajstić information content (AvgIpc) is 3.16. The highest BCUT2D eigenvalue weighted by Crippen LogP contribution is 2.37. The lowest BCUT2D eigenvalue weighted by Crippen LogP contribution is -2.37. The third-order valence-corrected chi connectivity index (χ3v) is 6.04. The Labute approximate surface area is 152 Å². The SMILES string of the molecule is Cc1c2c(cc3c4c(c(=O)oc13)CCCC4)CN(CC1CCCO1)CO2. The lowest BCUT2D eigenvalue weighted by Gasteiger charge is -2.32. The molecule has 26 heavy (non-hydrogen) atoms. The maximum absolute atomic E-state index is 12.4. The van der Waals surface area contributed by atoms with Crippen molar-refractivity contribution in [1.82, 2.24) is 4.90 Å². The first-order valence-corrected chi connectivity index (χ1v) is 9.78. The van der Waals surface area contributed by atoms with E-state index in [1.54, 1.807) is 0 Å². The number of fused-ring (bicyclic) bond motifs is 4. The zero-order chi connectivity index (χ0) is 17.7. The van der Waals surface area contributed by atoms with Gasteiger partial charge in [0.05, 0.1) is 6.10 Å². The summed E-state index contributed by atoms with van der Waals surface area (Å²) in [5.41, 5.74) is 4.79. The van der Waals surface area contributed by atoms with E-state index in [-0.39, 0.29) is 5.63 Å². The molecular formula is C21H25NO4. The Kier molecular flexibility index (Phi) is 4.02. The third kappa shape index (κ3) is 2.65. The maximum Gasteiger partial charge on any atom is 0.339 e. The van der Waals surface area contributed by atoms with Crippen LogP contribution >= 0.6 is 0 Å². The Morgan fingerprint density at radius 3 is 2.85 bits per heavy atom. The molecule has 2 aromatic rings. The average molecular weight is 355 g/mol. The van der Waals surface area contributed by atoms with Crippen molar-refractivity contribution in [2.75, 3.05) is 19.9 Å². The van der Waals surface area contributed by atoms with Gasteiger partial charge in [-0.05, 0) is 57.1 Å². The lowest BCUT2D eigenvalue weighted by atomic mass is 9.89. The predicted octanol–water partition coefficient (Wildman–Crippen LogP) is 3.31. The monoisotopic (exact) mass is 355 g/mol. The minimum atomic E-state index is -0.161. The van der Waals surface area contributed by atoms with Crippen molar-refractivity contribution >= 4 is 11.0 Å². The highest BCUT2D eigenvalue weighted by atomic mass is 16.5. The first-order valence-electron chi connectivity index (χ1n) is 9.78. The predicted molar refractivity (Wildman–Crippen MR) is 98.7 cm³/mol. The number of aryl methyl sites for hydroxylation is 2. The van der Waals surface area contributed by atoms with Crippen molar-refractivity contribution < 1.29 is 13.9 Å². The quantitative estimate of drug-likeness (QED) is 0.774. The van der Waals surface area contributed by atoms with E-state index >= 15 is 0 Å². The van der Waals surface area contributed by atoms with Crippen LogP contribution in [0.1, 0.15) is 47.9 Å². The van der Waals surface area contributed by atoms with E-state index < -0.39 is 0 Å². The second-order valence-corrected chi connectivity index (χ2v) is 7.84. The highest BCUT2D eigenvalue weighted by Gasteiger charge is 2.27. The molecular weight excluding hydrogens is 330 g/mol. The maximum atomic E-state index is 12.4. The summed E-state index contributed by atoms with van der Waals surface area (Å²) in [7, 11) is 0. The molecule has 3 aliphatic rings. The number of benzene rings is 1. The van der Waals surface area contributed by atoms with Crippen LogP contribution < -0.4 is 10.4 Å². The van der Waals surface area contributed by atoms with E-state index in [1.807, 2.05) is 6.92 Å². The van der Waals surface area contributed by atoms with Crippen LogP contribution in [0.3, 0.4) is 0 Å². The van der Waals surface area contributed by atoms with Crippen LogP contribution in [0.15, 0.2) is 15.3 Å². The third-order valence-electron chi connectivity index (χ3n) is 6.04. The molecule has 1 aromatic carbocycles.